The molecule has 0 saturated heterocycles. The van der Waals surface area contributed by atoms with Crippen LogP contribution in [0.3, 0.4) is 0 Å². The van der Waals surface area contributed by atoms with E-state index in [0.29, 0.717) is 24.2 Å². The van der Waals surface area contributed by atoms with Crippen molar-refractivity contribution in [2.75, 3.05) is 6.54 Å². The van der Waals surface area contributed by atoms with Crippen LogP contribution in [0.1, 0.15) is 52.4 Å². The lowest BCUT2D eigenvalue weighted by atomic mass is 9.48. The highest BCUT2D eigenvalue weighted by Crippen LogP contribution is 2.64. The number of hydrogen-bond donors (Lipinski definition) is 2. The molecule has 0 unspecified atom stereocenters. The molecule has 3 saturated carbocycles. The van der Waals surface area contributed by atoms with Crippen LogP contribution in [0.15, 0.2) is 12.2 Å². The molecule has 0 spiro atoms. The van der Waals surface area contributed by atoms with E-state index in [2.05, 4.69) is 30.6 Å². The second kappa shape index (κ2) is 6.49. The van der Waals surface area contributed by atoms with Crippen molar-refractivity contribution in [1.29, 1.82) is 0 Å². The SMILES string of the molecule is C[C@]12C=CC(=O)N[C@@H]1CC[C@@H]1[C@@H]2CC[C@]2(C)[C@@H](C(=O)NCC(F)(F)F)CC[C@@H]12. The molecule has 156 valence electrons. The molecule has 0 aromatic rings. The van der Waals surface area contributed by atoms with E-state index >= 15 is 0 Å². The van der Waals surface area contributed by atoms with E-state index in [1.165, 1.54) is 0 Å². The maximum atomic E-state index is 12.6. The Morgan fingerprint density at radius 3 is 2.64 bits per heavy atom. The Kier molecular flexibility index (Phi) is 4.58. The van der Waals surface area contributed by atoms with E-state index in [4.69, 9.17) is 0 Å². The fraction of sp³-hybridized carbons (Fsp3) is 0.810. The highest BCUT2D eigenvalue weighted by molar-refractivity contribution is 5.89. The Labute approximate surface area is 163 Å². The van der Waals surface area contributed by atoms with Crippen molar-refractivity contribution in [3.8, 4) is 0 Å². The molecule has 1 aliphatic heterocycles. The van der Waals surface area contributed by atoms with Gasteiger partial charge in [-0.25, -0.2) is 0 Å². The van der Waals surface area contributed by atoms with Crippen LogP contribution in [0.4, 0.5) is 13.2 Å². The molecule has 4 aliphatic rings. The lowest BCUT2D eigenvalue weighted by molar-refractivity contribution is -0.145. The standard InChI is InChI=1S/C21H29F3N2O2/c1-19-9-7-14-12(3-6-16-20(14,2)10-8-17(27)26-16)13(19)4-5-15(19)18(28)25-11-21(22,23)24/h8,10,12-16H,3-7,9,11H2,1-2H3,(H,25,28)(H,26,27)/t12-,13-,14-,15+,16+,19-,20+/m0/s1. The summed E-state index contributed by atoms with van der Waals surface area (Å²) in [6.07, 6.45) is 4.66. The van der Waals surface area contributed by atoms with Crippen LogP contribution < -0.4 is 10.6 Å². The molecular formula is C21H29F3N2O2. The summed E-state index contributed by atoms with van der Waals surface area (Å²) in [5.74, 6) is 0.456. The van der Waals surface area contributed by atoms with Crippen LogP contribution in [0.25, 0.3) is 0 Å². The van der Waals surface area contributed by atoms with Gasteiger partial charge in [0.25, 0.3) is 0 Å². The fourth-order valence-corrected chi connectivity index (χ4v) is 7.07. The smallest absolute Gasteiger partial charge is 0.349 e. The van der Waals surface area contributed by atoms with Crippen molar-refractivity contribution in [2.45, 2.75) is 64.6 Å². The summed E-state index contributed by atoms with van der Waals surface area (Å²) in [6, 6.07) is 0.155. The largest absolute Gasteiger partial charge is 0.405 e. The number of halogens is 3. The van der Waals surface area contributed by atoms with Crippen LogP contribution in [-0.2, 0) is 9.59 Å². The molecule has 3 fully saturated rings. The zero-order valence-electron chi connectivity index (χ0n) is 16.4. The van der Waals surface area contributed by atoms with Gasteiger partial charge in [-0.1, -0.05) is 19.9 Å². The normalized spacial score (nSPS) is 44.9. The second-order valence-corrected chi connectivity index (χ2v) is 9.72. The molecule has 0 aromatic carbocycles. The predicted octanol–water partition coefficient (Wildman–Crippen LogP) is 3.58. The van der Waals surface area contributed by atoms with E-state index in [1.807, 2.05) is 0 Å². The molecule has 2 N–H and O–H groups in total. The van der Waals surface area contributed by atoms with Gasteiger partial charge in [-0.05, 0) is 67.8 Å². The quantitative estimate of drug-likeness (QED) is 0.747. The fourth-order valence-electron chi connectivity index (χ4n) is 7.07. The number of fused-ring (bicyclic) bond motifs is 5. The molecule has 7 atom stereocenters. The number of carbonyl (C=O) groups is 2. The third kappa shape index (κ3) is 3.05. The third-order valence-corrected chi connectivity index (χ3v) is 8.47. The first-order valence-electron chi connectivity index (χ1n) is 10.4. The maximum absolute atomic E-state index is 12.6. The average molecular weight is 398 g/mol. The summed E-state index contributed by atoms with van der Waals surface area (Å²) in [4.78, 5) is 24.4. The van der Waals surface area contributed by atoms with Crippen LogP contribution in [0.5, 0.6) is 0 Å². The van der Waals surface area contributed by atoms with Gasteiger partial charge in [0.05, 0.1) is 0 Å². The molecule has 4 nitrogen and oxygen atoms in total. The first kappa shape index (κ1) is 19.8. The molecule has 4 rings (SSSR count). The van der Waals surface area contributed by atoms with Gasteiger partial charge in [-0.15, -0.1) is 0 Å². The summed E-state index contributed by atoms with van der Waals surface area (Å²) < 4.78 is 37.6. The third-order valence-electron chi connectivity index (χ3n) is 8.47. The molecule has 1 heterocycles. The second-order valence-electron chi connectivity index (χ2n) is 9.72. The van der Waals surface area contributed by atoms with Gasteiger partial charge in [0.1, 0.15) is 6.54 Å². The van der Waals surface area contributed by atoms with Crippen molar-refractivity contribution in [3.05, 3.63) is 12.2 Å². The molecule has 3 aliphatic carbocycles. The minimum Gasteiger partial charge on any atom is -0.349 e. The van der Waals surface area contributed by atoms with Gasteiger partial charge >= 0.3 is 6.18 Å². The van der Waals surface area contributed by atoms with Gasteiger partial charge in [0.2, 0.25) is 11.8 Å². The van der Waals surface area contributed by atoms with Gasteiger partial charge in [0, 0.05) is 17.4 Å². The molecule has 0 radical (unpaired) electrons. The van der Waals surface area contributed by atoms with Crippen LogP contribution >= 0.6 is 0 Å². The summed E-state index contributed by atoms with van der Waals surface area (Å²) in [6.45, 7) is 3.10. The highest BCUT2D eigenvalue weighted by Gasteiger charge is 2.60. The summed E-state index contributed by atoms with van der Waals surface area (Å²) in [5, 5.41) is 5.25. The van der Waals surface area contributed by atoms with Crippen molar-refractivity contribution >= 4 is 11.8 Å². The summed E-state index contributed by atoms with van der Waals surface area (Å²) in [5.41, 5.74) is -0.309. The predicted molar refractivity (Wildman–Crippen MR) is 98.0 cm³/mol. The maximum Gasteiger partial charge on any atom is 0.405 e. The minimum atomic E-state index is -4.38. The number of carbonyl (C=O) groups excluding carboxylic acids is 2. The lowest BCUT2D eigenvalue weighted by Gasteiger charge is -2.58. The molecule has 7 heteroatoms. The van der Waals surface area contributed by atoms with E-state index in [9.17, 15) is 22.8 Å². The monoisotopic (exact) mass is 398 g/mol. The Hall–Kier alpha value is -1.53. The van der Waals surface area contributed by atoms with Crippen molar-refractivity contribution in [3.63, 3.8) is 0 Å². The first-order valence-corrected chi connectivity index (χ1v) is 10.4. The zero-order chi connectivity index (χ0) is 20.3. The summed E-state index contributed by atoms with van der Waals surface area (Å²) >= 11 is 0. The van der Waals surface area contributed by atoms with E-state index in [-0.39, 0.29) is 28.7 Å². The number of hydrogen-bond acceptors (Lipinski definition) is 2. The van der Waals surface area contributed by atoms with E-state index < -0.39 is 18.6 Å². The minimum absolute atomic E-state index is 0.0242. The molecule has 28 heavy (non-hydrogen) atoms. The van der Waals surface area contributed by atoms with E-state index in [1.54, 1.807) is 6.08 Å². The zero-order valence-corrected chi connectivity index (χ0v) is 16.4. The number of nitrogens with one attached hydrogen (secondary N) is 2. The van der Waals surface area contributed by atoms with Crippen molar-refractivity contribution in [1.82, 2.24) is 10.6 Å². The molecule has 2 amide bonds. The van der Waals surface area contributed by atoms with Gasteiger partial charge in [-0.2, -0.15) is 13.2 Å². The molecule has 0 bridgehead atoms. The number of rotatable bonds is 2. The number of alkyl halides is 3. The lowest BCUT2D eigenvalue weighted by Crippen LogP contribution is -2.59. The van der Waals surface area contributed by atoms with Gasteiger partial charge < -0.3 is 10.6 Å². The number of amides is 2. The van der Waals surface area contributed by atoms with Gasteiger partial charge in [-0.3, -0.25) is 9.59 Å². The van der Waals surface area contributed by atoms with Crippen LogP contribution in [0, 0.1) is 34.5 Å². The Balaban J connectivity index is 1.53. The first-order chi connectivity index (χ1) is 13.0. The molecular weight excluding hydrogens is 369 g/mol. The van der Waals surface area contributed by atoms with Crippen molar-refractivity contribution < 1.29 is 22.8 Å². The summed E-state index contributed by atoms with van der Waals surface area (Å²) in [7, 11) is 0. The molecule has 0 aromatic heterocycles. The average Bonchev–Trinajstić information content (AvgIpc) is 2.97. The van der Waals surface area contributed by atoms with Crippen molar-refractivity contribution in [2.24, 2.45) is 34.5 Å². The van der Waals surface area contributed by atoms with E-state index in [0.717, 1.165) is 32.1 Å². The Bertz CT molecular complexity index is 706. The van der Waals surface area contributed by atoms with Crippen LogP contribution in [-0.4, -0.2) is 30.6 Å². The highest BCUT2D eigenvalue weighted by atomic mass is 19.4. The topological polar surface area (TPSA) is 58.2 Å². The Morgan fingerprint density at radius 2 is 1.93 bits per heavy atom. The van der Waals surface area contributed by atoms with Gasteiger partial charge in [0.15, 0.2) is 0 Å². The Morgan fingerprint density at radius 1 is 1.18 bits per heavy atom. The van der Waals surface area contributed by atoms with Crippen LogP contribution in [0.2, 0.25) is 0 Å².